The van der Waals surface area contributed by atoms with E-state index in [1.165, 1.54) is 76.8 Å². The van der Waals surface area contributed by atoms with Crippen LogP contribution in [0.15, 0.2) is 6.20 Å². The highest BCUT2D eigenvalue weighted by Gasteiger charge is 2.60. The summed E-state index contributed by atoms with van der Waals surface area (Å²) in [5.41, 5.74) is 0. The van der Waals surface area contributed by atoms with Crippen molar-refractivity contribution in [1.82, 2.24) is 9.55 Å². The van der Waals surface area contributed by atoms with Crippen molar-refractivity contribution in [2.75, 3.05) is 19.8 Å². The summed E-state index contributed by atoms with van der Waals surface area (Å²) in [6, 6.07) is 0. The van der Waals surface area contributed by atoms with Gasteiger partial charge in [0.2, 0.25) is 5.82 Å². The van der Waals surface area contributed by atoms with E-state index in [1.807, 2.05) is 27.7 Å². The van der Waals surface area contributed by atoms with Crippen LogP contribution in [0.1, 0.15) is 124 Å². The van der Waals surface area contributed by atoms with Gasteiger partial charge in [-0.05, 0) is 44.0 Å². The normalized spacial score (nSPS) is 27.0. The van der Waals surface area contributed by atoms with E-state index in [9.17, 15) is 10.1 Å². The molecule has 1 aromatic heterocycles. The Kier molecular flexibility index (Phi) is 14.3. The third-order valence-corrected chi connectivity index (χ3v) is 8.99. The van der Waals surface area contributed by atoms with Gasteiger partial charge in [0.05, 0.1) is 25.9 Å². The molecule has 46 heavy (non-hydrogen) atoms. The van der Waals surface area contributed by atoms with Gasteiger partial charge in [-0.25, -0.2) is 0 Å². The van der Waals surface area contributed by atoms with Crippen LogP contribution in [0.3, 0.4) is 0 Å². The molecule has 3 fully saturated rings. The highest BCUT2D eigenvalue weighted by atomic mass is 16.9. The second-order valence-electron chi connectivity index (χ2n) is 14.0. The number of unbranched alkanes of at least 4 members (excludes halogenated alkanes) is 12. The zero-order valence-corrected chi connectivity index (χ0v) is 29.1. The van der Waals surface area contributed by atoms with Crippen molar-refractivity contribution in [2.24, 2.45) is 0 Å². The molecule has 0 saturated carbocycles. The van der Waals surface area contributed by atoms with Gasteiger partial charge >= 0.3 is 5.82 Å². The summed E-state index contributed by atoms with van der Waals surface area (Å²) < 4.78 is 45.1. The first-order valence-corrected chi connectivity index (χ1v) is 17.7. The molecule has 3 aliphatic rings. The predicted molar refractivity (Wildman–Crippen MR) is 172 cm³/mol. The van der Waals surface area contributed by atoms with E-state index >= 15 is 0 Å². The smallest absolute Gasteiger partial charge is 0.376 e. The maximum atomic E-state index is 11.3. The van der Waals surface area contributed by atoms with E-state index in [0.717, 1.165) is 12.8 Å². The van der Waals surface area contributed by atoms with Crippen LogP contribution in [0.4, 0.5) is 5.82 Å². The number of rotatable bonds is 22. The minimum absolute atomic E-state index is 0.174. The van der Waals surface area contributed by atoms with E-state index in [4.69, 9.17) is 33.2 Å². The molecule has 0 radical (unpaired) electrons. The van der Waals surface area contributed by atoms with E-state index in [1.54, 1.807) is 11.5 Å². The first-order valence-electron chi connectivity index (χ1n) is 17.7. The quantitative estimate of drug-likeness (QED) is 0.0734. The van der Waals surface area contributed by atoms with Crippen LogP contribution < -0.4 is 0 Å². The Morgan fingerprint density at radius 1 is 0.870 bits per heavy atom. The number of imidazole rings is 1. The van der Waals surface area contributed by atoms with Gasteiger partial charge in [0.1, 0.15) is 30.6 Å². The molecule has 6 atom stereocenters. The van der Waals surface area contributed by atoms with Crippen molar-refractivity contribution in [3.63, 3.8) is 0 Å². The maximum absolute atomic E-state index is 11.3. The molecule has 264 valence electrons. The second kappa shape index (κ2) is 17.6. The number of nitro groups is 1. The van der Waals surface area contributed by atoms with E-state index in [-0.39, 0.29) is 37.3 Å². The highest BCUT2D eigenvalue weighted by molar-refractivity contribution is 5.16. The standard InChI is InChI=1S/C34H59N3O9/c1-7-8-9-10-11-12-13-14-15-16-17-18-19-20-41-26(21-36-22-28(37(38)39)35-25(36)2)23-40-24-27-29-30(44-33(3,4)43-29)31-32(42-27)46-34(5,6)45-31/h22,26-27,29-32H,7-21,23-24H2,1-6H3/t26?,27-,29+,30+,31-,32-/m1/s1. The second-order valence-corrected chi connectivity index (χ2v) is 14.0. The number of hydrogen-bond donors (Lipinski definition) is 0. The number of aryl methyl sites for hydroxylation is 1. The Bertz CT molecular complexity index is 1060. The van der Waals surface area contributed by atoms with Crippen molar-refractivity contribution in [3.8, 4) is 0 Å². The first kappa shape index (κ1) is 37.2. The molecule has 3 saturated heterocycles. The molecular formula is C34H59N3O9. The van der Waals surface area contributed by atoms with Gasteiger partial charge in [0.15, 0.2) is 17.9 Å². The summed E-state index contributed by atoms with van der Waals surface area (Å²) in [6.45, 7) is 13.0. The van der Waals surface area contributed by atoms with Gasteiger partial charge in [-0.2, -0.15) is 0 Å². The minimum atomic E-state index is -0.788. The molecule has 0 amide bonds. The van der Waals surface area contributed by atoms with Crippen LogP contribution in [0, 0.1) is 17.0 Å². The average molecular weight is 654 g/mol. The lowest BCUT2D eigenvalue weighted by atomic mass is 9.99. The Morgan fingerprint density at radius 3 is 2.04 bits per heavy atom. The van der Waals surface area contributed by atoms with Crippen molar-refractivity contribution in [3.05, 3.63) is 22.1 Å². The predicted octanol–water partition coefficient (Wildman–Crippen LogP) is 6.99. The molecule has 3 aliphatic heterocycles. The summed E-state index contributed by atoms with van der Waals surface area (Å²) in [5, 5.41) is 11.3. The fourth-order valence-electron chi connectivity index (χ4n) is 6.65. The van der Waals surface area contributed by atoms with Crippen molar-refractivity contribution in [1.29, 1.82) is 0 Å². The summed E-state index contributed by atoms with van der Waals surface area (Å²) in [5.74, 6) is -1.18. The number of nitrogens with zero attached hydrogens (tertiary/aromatic N) is 3. The molecule has 0 N–H and O–H groups in total. The van der Waals surface area contributed by atoms with Gasteiger partial charge in [0.25, 0.3) is 0 Å². The lowest BCUT2D eigenvalue weighted by Gasteiger charge is -2.37. The number of hydrogen-bond acceptors (Lipinski definition) is 10. The number of ether oxygens (including phenoxy) is 7. The van der Waals surface area contributed by atoms with Gasteiger partial charge in [-0.15, -0.1) is 0 Å². The van der Waals surface area contributed by atoms with Crippen LogP contribution in [0.25, 0.3) is 0 Å². The average Bonchev–Trinajstić information content (AvgIpc) is 3.63. The molecule has 0 bridgehead atoms. The Morgan fingerprint density at radius 2 is 1.43 bits per heavy atom. The fraction of sp³-hybridized carbons (Fsp3) is 0.912. The third kappa shape index (κ3) is 11.2. The van der Waals surface area contributed by atoms with Gasteiger partial charge in [-0.1, -0.05) is 84.0 Å². The van der Waals surface area contributed by atoms with Gasteiger partial charge in [0, 0.05) is 13.5 Å². The Hall–Kier alpha value is -1.67. The molecule has 0 spiro atoms. The van der Waals surface area contributed by atoms with E-state index < -0.39 is 35.0 Å². The summed E-state index contributed by atoms with van der Waals surface area (Å²) in [6.07, 6.45) is 15.7. The molecule has 12 heteroatoms. The Balaban J connectivity index is 1.21. The van der Waals surface area contributed by atoms with Crippen LogP contribution in [0.2, 0.25) is 0 Å². The van der Waals surface area contributed by atoms with Crippen molar-refractivity contribution < 1.29 is 38.1 Å². The maximum Gasteiger partial charge on any atom is 0.381 e. The van der Waals surface area contributed by atoms with Gasteiger partial charge < -0.3 is 47.8 Å². The largest absolute Gasteiger partial charge is 0.381 e. The Labute approximate surface area is 275 Å². The minimum Gasteiger partial charge on any atom is -0.376 e. The van der Waals surface area contributed by atoms with Crippen LogP contribution in [0.5, 0.6) is 0 Å². The van der Waals surface area contributed by atoms with Crippen LogP contribution in [-0.4, -0.2) is 82.7 Å². The fourth-order valence-corrected chi connectivity index (χ4v) is 6.65. The summed E-state index contributed by atoms with van der Waals surface area (Å²) in [4.78, 5) is 14.9. The molecule has 0 aliphatic carbocycles. The lowest BCUT2D eigenvalue weighted by Crippen LogP contribution is -2.56. The molecular weight excluding hydrogens is 594 g/mol. The molecule has 1 unspecified atom stereocenters. The molecule has 0 aromatic carbocycles. The molecule has 12 nitrogen and oxygen atoms in total. The monoisotopic (exact) mass is 653 g/mol. The van der Waals surface area contributed by atoms with Crippen LogP contribution >= 0.6 is 0 Å². The molecule has 1 aromatic rings. The van der Waals surface area contributed by atoms with Crippen molar-refractivity contribution >= 4 is 5.82 Å². The SMILES string of the molecule is CCCCCCCCCCCCCCCOC(COC[C@H]1O[C@@H]2OC(C)(C)O[C@@H]2[C@H]2OC(C)(C)O[C@H]21)Cn1cc([N+](=O)[O-])nc1C. The topological polar surface area (TPSA) is 126 Å². The lowest BCUT2D eigenvalue weighted by molar-refractivity contribution is -0.389. The van der Waals surface area contributed by atoms with Crippen molar-refractivity contribution in [2.45, 2.75) is 180 Å². The van der Waals surface area contributed by atoms with E-state index in [0.29, 0.717) is 19.0 Å². The van der Waals surface area contributed by atoms with E-state index in [2.05, 4.69) is 11.9 Å². The highest BCUT2D eigenvalue weighted by Crippen LogP contribution is 2.44. The summed E-state index contributed by atoms with van der Waals surface area (Å²) >= 11 is 0. The van der Waals surface area contributed by atoms with Gasteiger partial charge in [-0.3, -0.25) is 0 Å². The summed E-state index contributed by atoms with van der Waals surface area (Å²) in [7, 11) is 0. The third-order valence-electron chi connectivity index (χ3n) is 8.99. The zero-order chi connectivity index (χ0) is 33.2. The molecule has 4 heterocycles. The number of aromatic nitrogens is 2. The number of fused-ring (bicyclic) bond motifs is 3. The first-order chi connectivity index (χ1) is 22.0. The zero-order valence-electron chi connectivity index (χ0n) is 29.1. The molecule has 4 rings (SSSR count). The van der Waals surface area contributed by atoms with Crippen LogP contribution in [-0.2, 0) is 39.7 Å².